The van der Waals surface area contributed by atoms with E-state index in [4.69, 9.17) is 4.74 Å². The van der Waals surface area contributed by atoms with Crippen LogP contribution in [0.1, 0.15) is 66.2 Å². The van der Waals surface area contributed by atoms with Crippen molar-refractivity contribution >= 4 is 11.9 Å². The van der Waals surface area contributed by atoms with Crippen LogP contribution in [0.15, 0.2) is 12.2 Å². The lowest BCUT2D eigenvalue weighted by Gasteiger charge is -2.33. The predicted molar refractivity (Wildman–Crippen MR) is 84.1 cm³/mol. The Morgan fingerprint density at radius 2 is 1.76 bits per heavy atom. The number of carboxylic acids is 1. The van der Waals surface area contributed by atoms with Gasteiger partial charge in [-0.25, -0.2) is 4.79 Å². The first-order valence-electron chi connectivity index (χ1n) is 7.91. The van der Waals surface area contributed by atoms with Gasteiger partial charge in [0.2, 0.25) is 0 Å². The zero-order valence-electron chi connectivity index (χ0n) is 13.9. The van der Waals surface area contributed by atoms with Gasteiger partial charge in [0.25, 0.3) is 0 Å². The van der Waals surface area contributed by atoms with Crippen LogP contribution in [0, 0.1) is 11.3 Å². The van der Waals surface area contributed by atoms with Gasteiger partial charge in [0.05, 0.1) is 12.0 Å². The Hall–Kier alpha value is -1.32. The molecule has 1 N–H and O–H groups in total. The molecule has 1 atom stereocenters. The molecule has 4 heteroatoms. The second-order valence-electron chi connectivity index (χ2n) is 6.06. The highest BCUT2D eigenvalue weighted by atomic mass is 16.5. The summed E-state index contributed by atoms with van der Waals surface area (Å²) in [5, 5.41) is 9.34. The molecule has 0 rings (SSSR count). The third-order valence-corrected chi connectivity index (χ3v) is 3.67. The Balaban J connectivity index is 5.37. The molecule has 0 aliphatic rings. The van der Waals surface area contributed by atoms with Gasteiger partial charge in [-0.3, -0.25) is 4.79 Å². The van der Waals surface area contributed by atoms with Crippen LogP contribution in [0.25, 0.3) is 0 Å². The van der Waals surface area contributed by atoms with E-state index in [1.165, 1.54) is 0 Å². The number of hydrogen-bond acceptors (Lipinski definition) is 3. The number of carboxylic acid groups (broad SMARTS) is 1. The molecule has 0 saturated heterocycles. The molecule has 0 aromatic rings. The highest BCUT2D eigenvalue weighted by Crippen LogP contribution is 2.40. The maximum Gasteiger partial charge on any atom is 0.332 e. The molecule has 0 fully saturated rings. The molecule has 0 heterocycles. The molecule has 0 saturated carbocycles. The monoisotopic (exact) mass is 298 g/mol. The van der Waals surface area contributed by atoms with Gasteiger partial charge in [0.15, 0.2) is 0 Å². The summed E-state index contributed by atoms with van der Waals surface area (Å²) in [5.41, 5.74) is -1.13. The van der Waals surface area contributed by atoms with E-state index in [0.717, 1.165) is 25.7 Å². The quantitative estimate of drug-likeness (QED) is 0.353. The fraction of sp³-hybridized carbons (Fsp3) is 0.765. The summed E-state index contributed by atoms with van der Waals surface area (Å²) in [5.74, 6) is -1.35. The van der Waals surface area contributed by atoms with Gasteiger partial charge < -0.3 is 9.84 Å². The van der Waals surface area contributed by atoms with Crippen molar-refractivity contribution in [3.63, 3.8) is 0 Å². The minimum absolute atomic E-state index is 0.0360. The Labute approximate surface area is 128 Å². The van der Waals surface area contributed by atoms with Gasteiger partial charge >= 0.3 is 11.9 Å². The molecule has 122 valence electrons. The lowest BCUT2D eigenvalue weighted by Crippen LogP contribution is -2.39. The largest absolute Gasteiger partial charge is 0.478 e. The number of carbonyl (C=O) groups is 2. The third kappa shape index (κ3) is 5.90. The van der Waals surface area contributed by atoms with Gasteiger partial charge in [-0.2, -0.15) is 0 Å². The van der Waals surface area contributed by atoms with Gasteiger partial charge in [-0.05, 0) is 25.2 Å². The summed E-state index contributed by atoms with van der Waals surface area (Å²) < 4.78 is 5.35. The lowest BCUT2D eigenvalue weighted by atomic mass is 9.71. The summed E-state index contributed by atoms with van der Waals surface area (Å²) >= 11 is 0. The number of aliphatic carboxylic acids is 1. The van der Waals surface area contributed by atoms with Gasteiger partial charge in [0, 0.05) is 5.57 Å². The second-order valence-corrected chi connectivity index (χ2v) is 6.06. The first-order valence-corrected chi connectivity index (χ1v) is 7.91. The fourth-order valence-corrected chi connectivity index (χ4v) is 2.51. The van der Waals surface area contributed by atoms with Gasteiger partial charge in [-0.15, -0.1) is 0 Å². The Bertz CT molecular complexity index is 360. The zero-order valence-corrected chi connectivity index (χ0v) is 13.9. The molecule has 0 aliphatic heterocycles. The van der Waals surface area contributed by atoms with Crippen molar-refractivity contribution in [1.82, 2.24) is 0 Å². The lowest BCUT2D eigenvalue weighted by molar-refractivity contribution is -0.157. The summed E-state index contributed by atoms with van der Waals surface area (Å²) in [6.07, 6.45) is 4.34. The second kappa shape index (κ2) is 9.59. The molecule has 1 unspecified atom stereocenters. The molecule has 0 spiro atoms. The van der Waals surface area contributed by atoms with E-state index < -0.39 is 17.4 Å². The molecule has 0 aliphatic carbocycles. The van der Waals surface area contributed by atoms with Crippen LogP contribution in [-0.2, 0) is 14.3 Å². The van der Waals surface area contributed by atoms with Crippen LogP contribution in [0.5, 0.6) is 0 Å². The minimum atomic E-state index is -1.11. The van der Waals surface area contributed by atoms with Crippen molar-refractivity contribution in [3.05, 3.63) is 12.2 Å². The van der Waals surface area contributed by atoms with E-state index in [1.807, 2.05) is 27.7 Å². The predicted octanol–water partition coefficient (Wildman–Crippen LogP) is 4.19. The summed E-state index contributed by atoms with van der Waals surface area (Å²) in [6.45, 7) is 12.0. The summed E-state index contributed by atoms with van der Waals surface area (Å²) in [6, 6.07) is 0. The third-order valence-electron chi connectivity index (χ3n) is 3.67. The average molecular weight is 298 g/mol. The van der Waals surface area contributed by atoms with Crippen molar-refractivity contribution < 1.29 is 19.4 Å². The molecule has 0 bridgehead atoms. The Morgan fingerprint density at radius 1 is 1.19 bits per heavy atom. The first kappa shape index (κ1) is 19.7. The van der Waals surface area contributed by atoms with E-state index in [9.17, 15) is 14.7 Å². The number of esters is 1. The van der Waals surface area contributed by atoms with Crippen LogP contribution in [0.4, 0.5) is 0 Å². The van der Waals surface area contributed by atoms with Gasteiger partial charge in [-0.1, -0.05) is 53.5 Å². The maximum absolute atomic E-state index is 12.6. The van der Waals surface area contributed by atoms with E-state index in [0.29, 0.717) is 19.4 Å². The van der Waals surface area contributed by atoms with E-state index >= 15 is 0 Å². The smallest absolute Gasteiger partial charge is 0.332 e. The molecule has 0 amide bonds. The number of ether oxygens (including phenoxy) is 1. The highest BCUT2D eigenvalue weighted by Gasteiger charge is 2.45. The van der Waals surface area contributed by atoms with Crippen molar-refractivity contribution in [2.45, 2.75) is 66.2 Å². The number of unbranched alkanes of at least 4 members (excludes halogenated alkanes) is 2. The Kier molecular flexibility index (Phi) is 8.98. The van der Waals surface area contributed by atoms with E-state index in [2.05, 4.69) is 6.58 Å². The highest BCUT2D eigenvalue weighted by molar-refractivity contribution is 5.96. The van der Waals surface area contributed by atoms with E-state index in [-0.39, 0.29) is 11.5 Å². The van der Waals surface area contributed by atoms with Crippen LogP contribution in [-0.4, -0.2) is 23.7 Å². The number of carbonyl (C=O) groups excluding carboxylic acids is 1. The number of hydrogen-bond donors (Lipinski definition) is 1. The fourth-order valence-electron chi connectivity index (χ4n) is 2.51. The first-order chi connectivity index (χ1) is 9.81. The van der Waals surface area contributed by atoms with Crippen LogP contribution >= 0.6 is 0 Å². The zero-order chi connectivity index (χ0) is 16.5. The van der Waals surface area contributed by atoms with Crippen LogP contribution < -0.4 is 0 Å². The maximum atomic E-state index is 12.6. The van der Waals surface area contributed by atoms with Crippen molar-refractivity contribution in [3.8, 4) is 0 Å². The molecular formula is C17H30O4. The minimum Gasteiger partial charge on any atom is -0.478 e. The topological polar surface area (TPSA) is 63.6 Å². The molecule has 0 radical (unpaired) electrons. The molecule has 4 nitrogen and oxygen atoms in total. The SMILES string of the molecule is C=C(C(=O)O)C(CCCC)(CC(C)C)C(=O)OCCCC. The molecule has 0 aromatic carbocycles. The molecule has 0 aromatic heterocycles. The van der Waals surface area contributed by atoms with Crippen molar-refractivity contribution in [2.75, 3.05) is 6.61 Å². The van der Waals surface area contributed by atoms with Crippen LogP contribution in [0.3, 0.4) is 0 Å². The molecular weight excluding hydrogens is 268 g/mol. The van der Waals surface area contributed by atoms with Crippen molar-refractivity contribution in [1.29, 1.82) is 0 Å². The van der Waals surface area contributed by atoms with Crippen molar-refractivity contribution in [2.24, 2.45) is 11.3 Å². The van der Waals surface area contributed by atoms with Crippen LogP contribution in [0.2, 0.25) is 0 Å². The standard InChI is InChI=1S/C17H30O4/c1-6-8-10-17(12-13(3)4,14(5)15(18)19)16(20)21-11-9-7-2/h13H,5-12H2,1-4H3,(H,18,19). The molecule has 21 heavy (non-hydrogen) atoms. The summed E-state index contributed by atoms with van der Waals surface area (Å²) in [7, 11) is 0. The van der Waals surface area contributed by atoms with E-state index in [1.54, 1.807) is 0 Å². The summed E-state index contributed by atoms with van der Waals surface area (Å²) in [4.78, 5) is 24.0. The number of rotatable bonds is 11. The van der Waals surface area contributed by atoms with Gasteiger partial charge in [0.1, 0.15) is 0 Å². The normalized spacial score (nSPS) is 13.8. The Morgan fingerprint density at radius 3 is 2.19 bits per heavy atom. The average Bonchev–Trinajstić information content (AvgIpc) is 2.42.